The zero-order chi connectivity index (χ0) is 17.0. The monoisotopic (exact) mass is 355 g/mol. The molecule has 1 aromatic carbocycles. The lowest BCUT2D eigenvalue weighted by Gasteiger charge is -2.19. The molecule has 1 fully saturated rings. The average molecular weight is 356 g/mol. The third kappa shape index (κ3) is 3.83. The third-order valence-corrected chi connectivity index (χ3v) is 6.15. The number of hydrogen-bond acceptors (Lipinski definition) is 4. The predicted molar refractivity (Wildman–Crippen MR) is 86.6 cm³/mol. The summed E-state index contributed by atoms with van der Waals surface area (Å²) in [4.78, 5) is 13.7. The van der Waals surface area contributed by atoms with Crippen LogP contribution in [0.15, 0.2) is 23.1 Å². The summed E-state index contributed by atoms with van der Waals surface area (Å²) >= 11 is 6.05. The van der Waals surface area contributed by atoms with Crippen LogP contribution in [0.2, 0.25) is 5.02 Å². The van der Waals surface area contributed by atoms with Crippen LogP contribution in [0.1, 0.15) is 29.6 Å². The van der Waals surface area contributed by atoms with Crippen molar-refractivity contribution in [3.05, 3.63) is 28.8 Å². The number of amides is 1. The lowest BCUT2D eigenvalue weighted by Crippen LogP contribution is -2.30. The van der Waals surface area contributed by atoms with E-state index >= 15 is 0 Å². The van der Waals surface area contributed by atoms with Gasteiger partial charge in [0.25, 0.3) is 5.91 Å². The lowest BCUT2D eigenvalue weighted by molar-refractivity contribution is 0.0798. The van der Waals surface area contributed by atoms with Gasteiger partial charge in [-0.1, -0.05) is 11.6 Å². The van der Waals surface area contributed by atoms with Crippen LogP contribution in [0.25, 0.3) is 0 Å². The number of halogens is 1. The molecule has 0 radical (unpaired) electrons. The van der Waals surface area contributed by atoms with Crippen molar-refractivity contribution in [1.29, 1.82) is 5.26 Å². The average Bonchev–Trinajstić information content (AvgIpc) is 3.07. The van der Waals surface area contributed by atoms with E-state index in [2.05, 4.69) is 0 Å². The summed E-state index contributed by atoms with van der Waals surface area (Å²) in [6, 6.07) is 6.21. The molecule has 0 atom stereocenters. The van der Waals surface area contributed by atoms with Crippen molar-refractivity contribution in [3.8, 4) is 6.07 Å². The van der Waals surface area contributed by atoms with E-state index in [1.807, 2.05) is 6.07 Å². The van der Waals surface area contributed by atoms with E-state index in [0.29, 0.717) is 13.1 Å². The molecule has 2 rings (SSSR count). The predicted octanol–water partition coefficient (Wildman–Crippen LogP) is 2.11. The lowest BCUT2D eigenvalue weighted by atomic mass is 10.2. The van der Waals surface area contributed by atoms with Gasteiger partial charge in [0.1, 0.15) is 4.90 Å². The van der Waals surface area contributed by atoms with Crippen LogP contribution in [0.3, 0.4) is 0 Å². The Balaban J connectivity index is 2.32. The summed E-state index contributed by atoms with van der Waals surface area (Å²) in [5.74, 6) is -0.338. The fourth-order valence-electron chi connectivity index (χ4n) is 2.44. The molecule has 0 aliphatic carbocycles. The molecule has 1 aromatic rings. The van der Waals surface area contributed by atoms with Gasteiger partial charge in [-0.25, -0.2) is 8.42 Å². The van der Waals surface area contributed by atoms with Gasteiger partial charge in [-0.3, -0.25) is 4.79 Å². The fourth-order valence-corrected chi connectivity index (χ4v) is 4.46. The normalized spacial score (nSPS) is 15.3. The van der Waals surface area contributed by atoms with E-state index in [1.54, 1.807) is 7.05 Å². The molecule has 1 aliphatic heterocycles. The quantitative estimate of drug-likeness (QED) is 0.810. The van der Waals surface area contributed by atoms with Gasteiger partial charge in [0, 0.05) is 32.2 Å². The number of nitriles is 1. The van der Waals surface area contributed by atoms with Crippen LogP contribution >= 0.6 is 11.6 Å². The summed E-state index contributed by atoms with van der Waals surface area (Å²) < 4.78 is 26.7. The van der Waals surface area contributed by atoms with Crippen LogP contribution in [-0.2, 0) is 10.0 Å². The number of benzene rings is 1. The van der Waals surface area contributed by atoms with E-state index in [9.17, 15) is 13.2 Å². The van der Waals surface area contributed by atoms with Crippen molar-refractivity contribution in [1.82, 2.24) is 9.21 Å². The van der Waals surface area contributed by atoms with Gasteiger partial charge in [-0.2, -0.15) is 9.57 Å². The summed E-state index contributed by atoms with van der Waals surface area (Å²) in [6.45, 7) is 1.23. The first-order chi connectivity index (χ1) is 10.9. The molecule has 0 saturated carbocycles. The van der Waals surface area contributed by atoms with Crippen LogP contribution < -0.4 is 0 Å². The first-order valence-corrected chi connectivity index (χ1v) is 9.12. The summed E-state index contributed by atoms with van der Waals surface area (Å²) in [5, 5.41) is 8.69. The van der Waals surface area contributed by atoms with Gasteiger partial charge in [0.05, 0.1) is 17.5 Å². The standard InChI is InChI=1S/C15H18ClN3O3S/c1-18(8-4-7-17)15(20)12-5-6-13(16)14(11-12)23(21,22)19-9-2-3-10-19/h5-6,11H,2-4,8-10H2,1H3. The fraction of sp³-hybridized carbons (Fsp3) is 0.467. The topological polar surface area (TPSA) is 81.5 Å². The Labute approximate surface area is 141 Å². The zero-order valence-electron chi connectivity index (χ0n) is 12.8. The van der Waals surface area contributed by atoms with Crippen LogP contribution in [0, 0.1) is 11.3 Å². The highest BCUT2D eigenvalue weighted by Crippen LogP contribution is 2.28. The Hall–Kier alpha value is -1.62. The summed E-state index contributed by atoms with van der Waals surface area (Å²) in [5.41, 5.74) is 0.243. The number of sulfonamides is 1. The second kappa shape index (κ2) is 7.30. The van der Waals surface area contributed by atoms with Gasteiger partial charge in [-0.15, -0.1) is 0 Å². The minimum Gasteiger partial charge on any atom is -0.341 e. The molecule has 0 bridgehead atoms. The van der Waals surface area contributed by atoms with Crippen molar-refractivity contribution in [2.75, 3.05) is 26.7 Å². The Morgan fingerprint density at radius 1 is 1.39 bits per heavy atom. The second-order valence-corrected chi connectivity index (χ2v) is 7.70. The van der Waals surface area contributed by atoms with Crippen LogP contribution in [0.5, 0.6) is 0 Å². The van der Waals surface area contributed by atoms with Crippen LogP contribution in [0.4, 0.5) is 0 Å². The molecule has 0 N–H and O–H groups in total. The molecule has 1 aliphatic rings. The smallest absolute Gasteiger partial charge is 0.253 e. The molecule has 1 saturated heterocycles. The summed E-state index contributed by atoms with van der Waals surface area (Å²) in [7, 11) is -2.12. The molecule has 0 spiro atoms. The van der Waals surface area contributed by atoms with Crippen LogP contribution in [-0.4, -0.2) is 50.2 Å². The van der Waals surface area contributed by atoms with Gasteiger partial charge < -0.3 is 4.90 Å². The van der Waals surface area contributed by atoms with Gasteiger partial charge in [0.15, 0.2) is 0 Å². The first-order valence-electron chi connectivity index (χ1n) is 7.30. The molecule has 0 unspecified atom stereocenters. The van der Waals surface area contributed by atoms with E-state index < -0.39 is 10.0 Å². The van der Waals surface area contributed by atoms with Crippen molar-refractivity contribution in [3.63, 3.8) is 0 Å². The largest absolute Gasteiger partial charge is 0.341 e. The molecule has 124 valence electrons. The second-order valence-electron chi connectivity index (χ2n) is 5.39. The van der Waals surface area contributed by atoms with E-state index in [0.717, 1.165) is 12.8 Å². The minimum absolute atomic E-state index is 0.0411. The Kier molecular flexibility index (Phi) is 5.63. The Bertz CT molecular complexity index is 737. The molecule has 6 nitrogen and oxygen atoms in total. The Morgan fingerprint density at radius 3 is 2.65 bits per heavy atom. The number of carbonyl (C=O) groups is 1. The number of nitrogens with zero attached hydrogens (tertiary/aromatic N) is 3. The summed E-state index contributed by atoms with van der Waals surface area (Å²) in [6.07, 6.45) is 1.87. The minimum atomic E-state index is -3.69. The maximum absolute atomic E-state index is 12.6. The molecule has 1 amide bonds. The SMILES string of the molecule is CN(CCC#N)C(=O)c1ccc(Cl)c(S(=O)(=O)N2CCCC2)c1. The molecule has 1 heterocycles. The van der Waals surface area contributed by atoms with Crippen molar-refractivity contribution in [2.24, 2.45) is 0 Å². The highest BCUT2D eigenvalue weighted by Gasteiger charge is 2.30. The van der Waals surface area contributed by atoms with E-state index in [-0.39, 0.29) is 34.4 Å². The maximum atomic E-state index is 12.6. The van der Waals surface area contributed by atoms with Crippen molar-refractivity contribution < 1.29 is 13.2 Å². The number of rotatable bonds is 5. The molecular formula is C15H18ClN3O3S. The third-order valence-electron chi connectivity index (χ3n) is 3.77. The molecule has 0 aromatic heterocycles. The Morgan fingerprint density at radius 2 is 2.04 bits per heavy atom. The molecular weight excluding hydrogens is 338 g/mol. The van der Waals surface area contributed by atoms with E-state index in [1.165, 1.54) is 27.4 Å². The first kappa shape index (κ1) is 17.7. The van der Waals surface area contributed by atoms with Gasteiger partial charge >= 0.3 is 0 Å². The molecule has 23 heavy (non-hydrogen) atoms. The number of carbonyl (C=O) groups excluding carboxylic acids is 1. The van der Waals surface area contributed by atoms with Crippen molar-refractivity contribution in [2.45, 2.75) is 24.2 Å². The number of hydrogen-bond donors (Lipinski definition) is 0. The zero-order valence-corrected chi connectivity index (χ0v) is 14.4. The van der Waals surface area contributed by atoms with Gasteiger partial charge in [-0.05, 0) is 31.0 Å². The highest BCUT2D eigenvalue weighted by molar-refractivity contribution is 7.89. The highest BCUT2D eigenvalue weighted by atomic mass is 35.5. The van der Waals surface area contributed by atoms with Gasteiger partial charge in [0.2, 0.25) is 10.0 Å². The maximum Gasteiger partial charge on any atom is 0.253 e. The van der Waals surface area contributed by atoms with E-state index in [4.69, 9.17) is 16.9 Å². The van der Waals surface area contributed by atoms with Crippen molar-refractivity contribution >= 4 is 27.5 Å². The molecule has 8 heteroatoms.